The van der Waals surface area contributed by atoms with Crippen molar-refractivity contribution in [1.29, 1.82) is 0 Å². The van der Waals surface area contributed by atoms with Crippen LogP contribution in [-0.2, 0) is 35.6 Å². The lowest BCUT2D eigenvalue weighted by atomic mass is 9.83. The monoisotopic (exact) mass is 837 g/mol. The zero-order chi connectivity index (χ0) is 42.3. The maximum Gasteiger partial charge on any atom is 0.407 e. The number of rotatable bonds is 10. The SMILES string of the molecule is C=C[C@H]1CC1(NC(=O)[C@@H]1C[C@@H]2CN1C(=O)[C@H](C1CCCCC1)NC(=O)OCC(C)(C)CCCc1cc3c(cc(OC(C)C)nc3cc1OC)O2)C(=O)NS(=O)(=O)C1CC1. The lowest BCUT2D eigenvalue weighted by molar-refractivity contribution is -0.142. The number of aryl methyl sites for hydroxylation is 1. The van der Waals surface area contributed by atoms with Crippen LogP contribution in [0.3, 0.4) is 0 Å². The third-order valence-corrected chi connectivity index (χ3v) is 14.3. The Hall–Kier alpha value is -4.60. The number of hydrogen-bond acceptors (Lipinski definition) is 11. The smallest absolute Gasteiger partial charge is 0.407 e. The molecule has 0 spiro atoms. The molecule has 5 atom stereocenters. The van der Waals surface area contributed by atoms with Gasteiger partial charge in [0.15, 0.2) is 0 Å². The minimum Gasteiger partial charge on any atom is -0.496 e. The van der Waals surface area contributed by atoms with E-state index >= 15 is 0 Å². The maximum absolute atomic E-state index is 15.0. The number of methoxy groups -OCH3 is 1. The van der Waals surface area contributed by atoms with Gasteiger partial charge in [0, 0.05) is 29.9 Å². The molecule has 2 aromatic rings. The molecule has 3 saturated carbocycles. The molecule has 1 unspecified atom stereocenters. The van der Waals surface area contributed by atoms with E-state index in [1.165, 1.54) is 11.0 Å². The Kier molecular flexibility index (Phi) is 12.1. The van der Waals surface area contributed by atoms with E-state index in [1.807, 2.05) is 39.8 Å². The van der Waals surface area contributed by atoms with Gasteiger partial charge >= 0.3 is 6.09 Å². The lowest BCUT2D eigenvalue weighted by Gasteiger charge is -2.35. The second-order valence-corrected chi connectivity index (χ2v) is 20.0. The van der Waals surface area contributed by atoms with Gasteiger partial charge in [0.1, 0.15) is 35.2 Å². The number of benzene rings is 1. The van der Waals surface area contributed by atoms with Crippen LogP contribution in [-0.4, -0.2) is 97.5 Å². The zero-order valence-electron chi connectivity index (χ0n) is 34.8. The number of cyclic esters (lactones) is 1. The molecule has 1 saturated heterocycles. The summed E-state index contributed by atoms with van der Waals surface area (Å²) in [5.41, 5.74) is -0.420. The predicted octanol–water partition coefficient (Wildman–Crippen LogP) is 5.09. The summed E-state index contributed by atoms with van der Waals surface area (Å²) in [6, 6.07) is 3.46. The maximum atomic E-state index is 15.0. The summed E-state index contributed by atoms with van der Waals surface area (Å²) in [6.45, 7) is 11.8. The average molecular weight is 838 g/mol. The first-order valence-electron chi connectivity index (χ1n) is 21.1. The van der Waals surface area contributed by atoms with Crippen LogP contribution in [0.4, 0.5) is 4.79 Å². The minimum atomic E-state index is -3.91. The molecule has 5 aliphatic rings. The molecule has 4 bridgehead atoms. The number of nitrogens with zero attached hydrogens (tertiary/aromatic N) is 2. The number of hydrogen-bond donors (Lipinski definition) is 3. The first-order chi connectivity index (χ1) is 28.0. The fourth-order valence-corrected chi connectivity index (χ4v) is 10.3. The first-order valence-corrected chi connectivity index (χ1v) is 22.7. The van der Waals surface area contributed by atoms with Crippen molar-refractivity contribution in [3.63, 3.8) is 0 Å². The Balaban J connectivity index is 1.27. The summed E-state index contributed by atoms with van der Waals surface area (Å²) in [7, 11) is -2.30. The van der Waals surface area contributed by atoms with Crippen molar-refractivity contribution < 1.29 is 46.5 Å². The molecule has 1 aromatic carbocycles. The topological polar surface area (TPSA) is 192 Å². The van der Waals surface area contributed by atoms with Gasteiger partial charge in [0.25, 0.3) is 5.91 Å². The highest BCUT2D eigenvalue weighted by molar-refractivity contribution is 7.91. The predicted molar refractivity (Wildman–Crippen MR) is 219 cm³/mol. The highest BCUT2D eigenvalue weighted by Crippen LogP contribution is 2.46. The van der Waals surface area contributed by atoms with E-state index in [0.29, 0.717) is 60.4 Å². The van der Waals surface area contributed by atoms with Gasteiger partial charge in [-0.3, -0.25) is 19.1 Å². The molecular weight excluding hydrogens is 779 g/mol. The second kappa shape index (κ2) is 16.8. The summed E-state index contributed by atoms with van der Waals surface area (Å²) in [5.74, 6) is -1.20. The summed E-state index contributed by atoms with van der Waals surface area (Å²) < 4.78 is 52.3. The van der Waals surface area contributed by atoms with E-state index in [2.05, 4.69) is 21.9 Å². The molecule has 7 rings (SSSR count). The summed E-state index contributed by atoms with van der Waals surface area (Å²) in [5, 5.41) is 5.83. The third kappa shape index (κ3) is 9.42. The molecule has 1 aromatic heterocycles. The second-order valence-electron chi connectivity index (χ2n) is 18.1. The standard InChI is InChI=1S/C43H59N5O10S/c1-7-28-22-43(28,40(51)47-59(53,54)30-15-16-30)46-38(49)33-19-29-23-48(33)39(50)37(26-12-9-8-10-13-26)45-41(52)56-24-42(4,5)17-11-14-27-18-31-32(20-34(27)55-6)44-36(57-25(2)3)21-35(31)58-29/h7,18,20-21,25-26,28-30,33,37H,1,8-17,19,22-24H2,2-6H3,(H,45,52)(H,46,49)(H,47,51)/t28-,29+,33-,37-,43?/m0/s1. The number of nitrogens with one attached hydrogen (secondary N) is 3. The van der Waals surface area contributed by atoms with Gasteiger partial charge in [-0.1, -0.05) is 39.2 Å². The molecule has 16 heteroatoms. The van der Waals surface area contributed by atoms with Crippen molar-refractivity contribution in [2.45, 2.75) is 140 Å². The fraction of sp³-hybridized carbons (Fsp3) is 0.651. The molecule has 59 heavy (non-hydrogen) atoms. The van der Waals surface area contributed by atoms with Gasteiger partial charge in [0.05, 0.1) is 37.1 Å². The van der Waals surface area contributed by atoms with Crippen LogP contribution < -0.4 is 29.6 Å². The van der Waals surface area contributed by atoms with Gasteiger partial charge in [-0.15, -0.1) is 6.58 Å². The van der Waals surface area contributed by atoms with E-state index in [0.717, 1.165) is 37.7 Å². The fourth-order valence-electron chi connectivity index (χ4n) is 8.89. The number of fused-ring (bicyclic) bond motifs is 3. The zero-order valence-corrected chi connectivity index (χ0v) is 35.7. The average Bonchev–Trinajstić information content (AvgIpc) is 4.12. The third-order valence-electron chi connectivity index (χ3n) is 12.5. The van der Waals surface area contributed by atoms with Crippen molar-refractivity contribution >= 4 is 44.7 Å². The summed E-state index contributed by atoms with van der Waals surface area (Å²) in [6.07, 6.45) is 7.40. The molecule has 2 aliphatic heterocycles. The van der Waals surface area contributed by atoms with E-state index in [-0.39, 0.29) is 43.4 Å². The molecule has 0 radical (unpaired) electrons. The van der Waals surface area contributed by atoms with Gasteiger partial charge in [-0.05, 0) is 88.2 Å². The first kappa shape index (κ1) is 42.5. The number of carbonyl (C=O) groups excluding carboxylic acids is 4. The van der Waals surface area contributed by atoms with Crippen LogP contribution in [0.1, 0.15) is 104 Å². The highest BCUT2D eigenvalue weighted by Gasteiger charge is 2.62. The molecular formula is C43H59N5O10S. The molecule has 3 N–H and O–H groups in total. The number of alkyl carbamates (subject to hydrolysis) is 1. The van der Waals surface area contributed by atoms with Gasteiger partial charge in [-0.25, -0.2) is 18.2 Å². The Morgan fingerprint density at radius 3 is 2.49 bits per heavy atom. The van der Waals surface area contributed by atoms with Crippen molar-refractivity contribution in [2.24, 2.45) is 17.3 Å². The molecule has 4 amide bonds. The Bertz CT molecular complexity index is 2080. The number of aromatic nitrogens is 1. The van der Waals surface area contributed by atoms with Crippen LogP contribution in [0.2, 0.25) is 0 Å². The Morgan fingerprint density at radius 1 is 1.08 bits per heavy atom. The number of carbonyl (C=O) groups is 4. The van der Waals surface area contributed by atoms with Crippen LogP contribution in [0.5, 0.6) is 17.4 Å². The minimum absolute atomic E-state index is 0.0166. The van der Waals surface area contributed by atoms with Crippen LogP contribution in [0.25, 0.3) is 10.9 Å². The number of sulfonamides is 1. The molecule has 15 nitrogen and oxygen atoms in total. The molecule has 3 heterocycles. The van der Waals surface area contributed by atoms with E-state index in [9.17, 15) is 27.6 Å². The molecule has 3 aliphatic carbocycles. The number of pyridine rings is 1. The van der Waals surface area contributed by atoms with Crippen LogP contribution in [0, 0.1) is 17.3 Å². The summed E-state index contributed by atoms with van der Waals surface area (Å²) >= 11 is 0. The van der Waals surface area contributed by atoms with Gasteiger partial charge in [-0.2, -0.15) is 0 Å². The highest BCUT2D eigenvalue weighted by atomic mass is 32.2. The van der Waals surface area contributed by atoms with Crippen LogP contribution in [0.15, 0.2) is 30.9 Å². The molecule has 4 fully saturated rings. The van der Waals surface area contributed by atoms with Gasteiger partial charge in [0.2, 0.25) is 27.7 Å². The lowest BCUT2D eigenvalue weighted by Crippen LogP contribution is -2.59. The van der Waals surface area contributed by atoms with E-state index in [4.69, 9.17) is 23.9 Å². The number of amides is 4. The largest absolute Gasteiger partial charge is 0.496 e. The Morgan fingerprint density at radius 2 is 1.83 bits per heavy atom. The van der Waals surface area contributed by atoms with Crippen molar-refractivity contribution in [3.8, 4) is 17.4 Å². The summed E-state index contributed by atoms with van der Waals surface area (Å²) in [4.78, 5) is 63.0. The van der Waals surface area contributed by atoms with E-state index < -0.39 is 68.7 Å². The Labute approximate surface area is 346 Å². The van der Waals surface area contributed by atoms with Crippen molar-refractivity contribution in [1.82, 2.24) is 25.2 Å². The number of ether oxygens (including phenoxy) is 4. The quantitative estimate of drug-likeness (QED) is 0.271. The molecule has 322 valence electrons. The van der Waals surface area contributed by atoms with Gasteiger partial charge < -0.3 is 34.5 Å². The normalized spacial score (nSPS) is 27.8. The van der Waals surface area contributed by atoms with E-state index in [1.54, 1.807) is 13.2 Å². The van der Waals surface area contributed by atoms with Crippen molar-refractivity contribution in [2.75, 3.05) is 20.3 Å². The van der Waals surface area contributed by atoms with Crippen LogP contribution >= 0.6 is 0 Å². The van der Waals surface area contributed by atoms with Crippen molar-refractivity contribution in [3.05, 3.63) is 36.4 Å².